The predicted octanol–water partition coefficient (Wildman–Crippen LogP) is 3.71. The number of hydrogen-bond acceptors (Lipinski definition) is 4. The molecule has 1 aliphatic carbocycles. The molecule has 1 aromatic heterocycles. The lowest BCUT2D eigenvalue weighted by molar-refractivity contribution is 0.0413. The van der Waals surface area contributed by atoms with Gasteiger partial charge in [0.1, 0.15) is 5.82 Å². The molecule has 1 N–H and O–H groups in total. The van der Waals surface area contributed by atoms with E-state index in [2.05, 4.69) is 10.3 Å². The lowest BCUT2D eigenvalue weighted by Gasteiger charge is -2.15. The highest BCUT2D eigenvalue weighted by Crippen LogP contribution is 2.20. The van der Waals surface area contributed by atoms with Crippen LogP contribution in [0.25, 0.3) is 0 Å². The van der Waals surface area contributed by atoms with Gasteiger partial charge in [-0.15, -0.1) is 0 Å². The zero-order chi connectivity index (χ0) is 17.2. The summed E-state index contributed by atoms with van der Waals surface area (Å²) in [7, 11) is 3.48. The molecule has 24 heavy (non-hydrogen) atoms. The summed E-state index contributed by atoms with van der Waals surface area (Å²) >= 11 is 0. The van der Waals surface area contributed by atoms with Crippen LogP contribution in [0.2, 0.25) is 0 Å². The van der Waals surface area contributed by atoms with Crippen molar-refractivity contribution in [3.63, 3.8) is 0 Å². The van der Waals surface area contributed by atoms with E-state index in [1.807, 2.05) is 12.1 Å². The van der Waals surface area contributed by atoms with E-state index in [-0.39, 0.29) is 5.91 Å². The summed E-state index contributed by atoms with van der Waals surface area (Å²) in [4.78, 5) is 17.6. The first-order chi connectivity index (χ1) is 11.7. The fourth-order valence-corrected chi connectivity index (χ4v) is 2.99. The Hall–Kier alpha value is -1.62. The number of carbonyl (C=O) groups is 1. The molecule has 0 spiro atoms. The molecule has 1 amide bonds. The van der Waals surface area contributed by atoms with Gasteiger partial charge in [-0.25, -0.2) is 4.98 Å². The molecule has 0 unspecified atom stereocenters. The molecule has 1 aliphatic rings. The Morgan fingerprint density at radius 2 is 1.96 bits per heavy atom. The smallest absolute Gasteiger partial charge is 0.254 e. The average molecular weight is 333 g/mol. The van der Waals surface area contributed by atoms with Gasteiger partial charge < -0.3 is 15.0 Å². The number of anilines is 1. The quantitative estimate of drug-likeness (QED) is 0.582. The Morgan fingerprint density at radius 3 is 2.58 bits per heavy atom. The third-order valence-corrected chi connectivity index (χ3v) is 4.45. The lowest BCUT2D eigenvalue weighted by Crippen LogP contribution is -2.21. The second-order valence-electron chi connectivity index (χ2n) is 6.75. The van der Waals surface area contributed by atoms with Gasteiger partial charge in [-0.1, -0.05) is 25.7 Å². The van der Waals surface area contributed by atoms with E-state index in [0.29, 0.717) is 11.7 Å². The predicted molar refractivity (Wildman–Crippen MR) is 97.4 cm³/mol. The second kappa shape index (κ2) is 10.3. The molecule has 1 saturated carbocycles. The molecule has 2 rings (SSSR count). The van der Waals surface area contributed by atoms with E-state index in [0.717, 1.165) is 31.8 Å². The van der Waals surface area contributed by atoms with Crippen LogP contribution < -0.4 is 5.32 Å². The van der Waals surface area contributed by atoms with Crippen LogP contribution in [0.3, 0.4) is 0 Å². The number of nitrogens with zero attached hydrogens (tertiary/aromatic N) is 2. The number of pyridine rings is 1. The summed E-state index contributed by atoms with van der Waals surface area (Å²) in [5, 5.41) is 3.30. The van der Waals surface area contributed by atoms with Crippen LogP contribution in [-0.4, -0.2) is 49.1 Å². The minimum atomic E-state index is -0.0234. The maximum absolute atomic E-state index is 11.8. The first-order valence-corrected chi connectivity index (χ1v) is 9.20. The molecule has 134 valence electrons. The molecule has 5 heteroatoms. The van der Waals surface area contributed by atoms with Crippen molar-refractivity contribution in [1.29, 1.82) is 0 Å². The standard InChI is InChI=1S/C19H31N3O2/c1-22(2)19(23)16-11-12-18(21-15-16)20-13-7-8-14-24-17-9-5-3-4-6-10-17/h11-12,15,17H,3-10,13-14H2,1-2H3,(H,20,21). The monoisotopic (exact) mass is 333 g/mol. The highest BCUT2D eigenvalue weighted by Gasteiger charge is 2.12. The zero-order valence-electron chi connectivity index (χ0n) is 15.1. The summed E-state index contributed by atoms with van der Waals surface area (Å²) in [6, 6.07) is 3.67. The van der Waals surface area contributed by atoms with E-state index in [1.165, 1.54) is 38.5 Å². The zero-order valence-corrected chi connectivity index (χ0v) is 15.1. The van der Waals surface area contributed by atoms with Gasteiger partial charge in [-0.2, -0.15) is 0 Å². The number of nitrogens with one attached hydrogen (secondary N) is 1. The Morgan fingerprint density at radius 1 is 1.21 bits per heavy atom. The number of hydrogen-bond donors (Lipinski definition) is 1. The molecule has 0 aliphatic heterocycles. The molecule has 1 aromatic rings. The first-order valence-electron chi connectivity index (χ1n) is 9.20. The molecule has 0 aromatic carbocycles. The van der Waals surface area contributed by atoms with Gasteiger partial charge >= 0.3 is 0 Å². The molecule has 0 radical (unpaired) electrons. The largest absolute Gasteiger partial charge is 0.378 e. The summed E-state index contributed by atoms with van der Waals surface area (Å²) < 4.78 is 5.99. The number of amides is 1. The van der Waals surface area contributed by atoms with Gasteiger partial charge in [0, 0.05) is 33.4 Å². The molecular formula is C19H31N3O2. The minimum absolute atomic E-state index is 0.0234. The van der Waals surface area contributed by atoms with Crippen molar-refractivity contribution in [2.45, 2.75) is 57.5 Å². The number of aromatic nitrogens is 1. The number of unbranched alkanes of at least 4 members (excludes halogenated alkanes) is 1. The number of ether oxygens (including phenoxy) is 1. The molecule has 0 atom stereocenters. The third-order valence-electron chi connectivity index (χ3n) is 4.45. The van der Waals surface area contributed by atoms with E-state index < -0.39 is 0 Å². The SMILES string of the molecule is CN(C)C(=O)c1ccc(NCCCCOC2CCCCCC2)nc1. The van der Waals surface area contributed by atoms with Crippen molar-refractivity contribution in [1.82, 2.24) is 9.88 Å². The summed E-state index contributed by atoms with van der Waals surface area (Å²) in [5.74, 6) is 0.791. The molecule has 0 saturated heterocycles. The Labute approximate surface area is 145 Å². The average Bonchev–Trinajstić information content (AvgIpc) is 2.86. The summed E-state index contributed by atoms with van der Waals surface area (Å²) in [5.41, 5.74) is 0.613. The van der Waals surface area contributed by atoms with Crippen LogP contribution in [0.1, 0.15) is 61.7 Å². The highest BCUT2D eigenvalue weighted by atomic mass is 16.5. The van der Waals surface area contributed by atoms with Crippen LogP contribution in [0.4, 0.5) is 5.82 Å². The van der Waals surface area contributed by atoms with Crippen molar-refractivity contribution in [2.24, 2.45) is 0 Å². The lowest BCUT2D eigenvalue weighted by atomic mass is 10.1. The van der Waals surface area contributed by atoms with Gasteiger partial charge in [-0.3, -0.25) is 4.79 Å². The van der Waals surface area contributed by atoms with E-state index in [9.17, 15) is 4.79 Å². The summed E-state index contributed by atoms with van der Waals surface area (Å²) in [6.07, 6.45) is 12.1. The van der Waals surface area contributed by atoms with Crippen molar-refractivity contribution in [3.8, 4) is 0 Å². The van der Waals surface area contributed by atoms with Crippen molar-refractivity contribution in [3.05, 3.63) is 23.9 Å². The van der Waals surface area contributed by atoms with Crippen molar-refractivity contribution in [2.75, 3.05) is 32.6 Å². The van der Waals surface area contributed by atoms with Crippen LogP contribution in [0.15, 0.2) is 18.3 Å². The molecular weight excluding hydrogens is 302 g/mol. The fourth-order valence-electron chi connectivity index (χ4n) is 2.99. The van der Waals surface area contributed by atoms with Crippen molar-refractivity contribution >= 4 is 11.7 Å². The van der Waals surface area contributed by atoms with Gasteiger partial charge in [0.2, 0.25) is 0 Å². The topological polar surface area (TPSA) is 54.5 Å². The molecule has 5 nitrogen and oxygen atoms in total. The molecule has 0 bridgehead atoms. The highest BCUT2D eigenvalue weighted by molar-refractivity contribution is 5.93. The van der Waals surface area contributed by atoms with Gasteiger partial charge in [0.05, 0.1) is 11.7 Å². The molecule has 1 fully saturated rings. The van der Waals surface area contributed by atoms with Crippen LogP contribution in [-0.2, 0) is 4.74 Å². The second-order valence-corrected chi connectivity index (χ2v) is 6.75. The Bertz CT molecular complexity index is 480. The third kappa shape index (κ3) is 6.48. The van der Waals surface area contributed by atoms with E-state index >= 15 is 0 Å². The Kier molecular flexibility index (Phi) is 8.02. The maximum Gasteiger partial charge on any atom is 0.254 e. The van der Waals surface area contributed by atoms with Gasteiger partial charge in [0.25, 0.3) is 5.91 Å². The normalized spacial score (nSPS) is 15.8. The van der Waals surface area contributed by atoms with Crippen LogP contribution in [0.5, 0.6) is 0 Å². The van der Waals surface area contributed by atoms with E-state index in [1.54, 1.807) is 25.2 Å². The first kappa shape index (κ1) is 18.7. The van der Waals surface area contributed by atoms with Crippen molar-refractivity contribution < 1.29 is 9.53 Å². The number of rotatable bonds is 8. The van der Waals surface area contributed by atoms with Crippen LogP contribution in [0, 0.1) is 0 Å². The van der Waals surface area contributed by atoms with Crippen LogP contribution >= 0.6 is 0 Å². The summed E-state index contributed by atoms with van der Waals surface area (Å²) in [6.45, 7) is 1.73. The maximum atomic E-state index is 11.8. The Balaban J connectivity index is 1.58. The minimum Gasteiger partial charge on any atom is -0.378 e. The molecule has 1 heterocycles. The van der Waals surface area contributed by atoms with Gasteiger partial charge in [-0.05, 0) is 37.8 Å². The van der Waals surface area contributed by atoms with Gasteiger partial charge in [0.15, 0.2) is 0 Å². The number of carbonyl (C=O) groups excluding carboxylic acids is 1. The van der Waals surface area contributed by atoms with E-state index in [4.69, 9.17) is 4.74 Å². The fraction of sp³-hybridized carbons (Fsp3) is 0.684.